The molecule has 0 unspecified atom stereocenters. The van der Waals surface area contributed by atoms with Crippen LogP contribution < -0.4 is 4.74 Å². The molecule has 0 fully saturated rings. The molecular weight excluding hydrogens is 242 g/mol. The highest BCUT2D eigenvalue weighted by Gasteiger charge is 2.07. The molecule has 0 aliphatic rings. The molecule has 0 spiro atoms. The van der Waals surface area contributed by atoms with Crippen molar-refractivity contribution in [3.05, 3.63) is 28.9 Å². The van der Waals surface area contributed by atoms with Crippen LogP contribution in [-0.2, 0) is 11.2 Å². The summed E-state index contributed by atoms with van der Waals surface area (Å²) in [5.41, 5.74) is 1.77. The normalized spacial score (nSPS) is 10.7. The van der Waals surface area contributed by atoms with Gasteiger partial charge in [0.05, 0.1) is 18.6 Å². The van der Waals surface area contributed by atoms with Crippen LogP contribution in [0.5, 0.6) is 5.75 Å². The topological polar surface area (TPSA) is 62.3 Å². The fraction of sp³-hybridized carbons (Fsp3) is 0.250. The summed E-state index contributed by atoms with van der Waals surface area (Å²) in [6, 6.07) is 5.52. The number of aromatic nitrogens is 1. The van der Waals surface area contributed by atoms with Gasteiger partial charge in [-0.05, 0) is 24.6 Å². The van der Waals surface area contributed by atoms with Crippen LogP contribution in [0.1, 0.15) is 12.1 Å². The van der Waals surface area contributed by atoms with Gasteiger partial charge in [0.2, 0.25) is 0 Å². The maximum absolute atomic E-state index is 10.5. The summed E-state index contributed by atoms with van der Waals surface area (Å²) in [6.45, 7) is 0. The second-order valence-electron chi connectivity index (χ2n) is 3.76. The molecule has 0 radical (unpaired) electrons. The second kappa shape index (κ2) is 4.67. The molecule has 90 valence electrons. The van der Waals surface area contributed by atoms with Gasteiger partial charge >= 0.3 is 5.97 Å². The first-order valence-electron chi connectivity index (χ1n) is 5.17. The maximum Gasteiger partial charge on any atom is 0.303 e. The van der Waals surface area contributed by atoms with Crippen LogP contribution in [0.4, 0.5) is 0 Å². The van der Waals surface area contributed by atoms with Crippen molar-refractivity contribution in [2.45, 2.75) is 12.8 Å². The average molecular weight is 254 g/mol. The van der Waals surface area contributed by atoms with Crippen molar-refractivity contribution < 1.29 is 14.6 Å². The molecule has 17 heavy (non-hydrogen) atoms. The highest BCUT2D eigenvalue weighted by atomic mass is 35.5. The fourth-order valence-electron chi connectivity index (χ4n) is 1.73. The highest BCUT2D eigenvalue weighted by molar-refractivity contribution is 6.32. The Morgan fingerprint density at radius 2 is 2.24 bits per heavy atom. The van der Waals surface area contributed by atoms with Crippen molar-refractivity contribution in [3.63, 3.8) is 0 Å². The largest absolute Gasteiger partial charge is 0.495 e. The molecule has 4 nitrogen and oxygen atoms in total. The van der Waals surface area contributed by atoms with E-state index in [4.69, 9.17) is 21.4 Å². The summed E-state index contributed by atoms with van der Waals surface area (Å²) in [4.78, 5) is 13.6. The minimum atomic E-state index is -0.806. The molecule has 0 saturated carbocycles. The lowest BCUT2D eigenvalue weighted by Gasteiger charge is -2.01. The monoisotopic (exact) mass is 253 g/mol. The van der Waals surface area contributed by atoms with Gasteiger partial charge in [0, 0.05) is 16.6 Å². The number of aromatic amines is 1. The lowest BCUT2D eigenvalue weighted by molar-refractivity contribution is -0.136. The molecule has 0 bridgehead atoms. The van der Waals surface area contributed by atoms with Gasteiger partial charge in [-0.2, -0.15) is 0 Å². The fourth-order valence-corrected chi connectivity index (χ4v) is 1.97. The van der Waals surface area contributed by atoms with Gasteiger partial charge in [-0.15, -0.1) is 0 Å². The van der Waals surface area contributed by atoms with Crippen molar-refractivity contribution in [1.82, 2.24) is 4.98 Å². The number of carboxylic acids is 1. The van der Waals surface area contributed by atoms with E-state index < -0.39 is 5.97 Å². The first-order valence-corrected chi connectivity index (χ1v) is 5.55. The number of carbonyl (C=O) groups is 1. The van der Waals surface area contributed by atoms with Crippen molar-refractivity contribution in [2.75, 3.05) is 7.11 Å². The first-order chi connectivity index (χ1) is 8.10. The van der Waals surface area contributed by atoms with Crippen LogP contribution in [0.25, 0.3) is 10.9 Å². The molecule has 2 N–H and O–H groups in total. The van der Waals surface area contributed by atoms with E-state index in [1.165, 1.54) is 0 Å². The molecule has 1 aromatic heterocycles. The van der Waals surface area contributed by atoms with Gasteiger partial charge in [0.25, 0.3) is 0 Å². The van der Waals surface area contributed by atoms with Crippen LogP contribution in [0, 0.1) is 0 Å². The Morgan fingerprint density at radius 3 is 2.88 bits per heavy atom. The lowest BCUT2D eigenvalue weighted by atomic mass is 10.2. The molecule has 0 aliphatic heterocycles. The number of aliphatic carboxylic acids is 1. The summed E-state index contributed by atoms with van der Waals surface area (Å²) >= 11 is 6.00. The number of H-pyrrole nitrogens is 1. The molecular formula is C12H12ClNO3. The van der Waals surface area contributed by atoms with Gasteiger partial charge in [0.15, 0.2) is 0 Å². The number of hydrogen-bond donors (Lipinski definition) is 2. The average Bonchev–Trinajstić information content (AvgIpc) is 2.67. The van der Waals surface area contributed by atoms with Crippen LogP contribution in [0.2, 0.25) is 5.02 Å². The number of rotatable bonds is 4. The van der Waals surface area contributed by atoms with Crippen molar-refractivity contribution in [3.8, 4) is 5.75 Å². The summed E-state index contributed by atoms with van der Waals surface area (Å²) < 4.78 is 5.12. The van der Waals surface area contributed by atoms with E-state index in [9.17, 15) is 4.79 Å². The zero-order chi connectivity index (χ0) is 12.4. The quantitative estimate of drug-likeness (QED) is 0.881. The Morgan fingerprint density at radius 1 is 1.47 bits per heavy atom. The lowest BCUT2D eigenvalue weighted by Crippen LogP contribution is -1.97. The number of halogens is 1. The Bertz CT molecular complexity index is 562. The number of fused-ring (bicyclic) bond motifs is 1. The Hall–Kier alpha value is -1.68. The highest BCUT2D eigenvalue weighted by Crippen LogP contribution is 2.30. The molecule has 1 heterocycles. The molecule has 0 saturated heterocycles. The molecule has 0 atom stereocenters. The number of methoxy groups -OCH3 is 1. The third-order valence-corrected chi connectivity index (χ3v) is 2.85. The predicted octanol–water partition coefficient (Wildman–Crippen LogP) is 2.85. The summed E-state index contributed by atoms with van der Waals surface area (Å²) in [5.74, 6) is -0.192. The van der Waals surface area contributed by atoms with Gasteiger partial charge in [-0.3, -0.25) is 4.79 Å². The van der Waals surface area contributed by atoms with Crippen molar-refractivity contribution >= 4 is 28.5 Å². The second-order valence-corrected chi connectivity index (χ2v) is 4.17. The van der Waals surface area contributed by atoms with Crippen molar-refractivity contribution in [1.29, 1.82) is 0 Å². The number of ether oxygens (including phenoxy) is 1. The number of nitrogens with one attached hydrogen (secondary N) is 1. The molecule has 0 aliphatic carbocycles. The third kappa shape index (κ3) is 2.53. The molecule has 0 amide bonds. The Labute approximate surface area is 103 Å². The van der Waals surface area contributed by atoms with E-state index in [1.807, 2.05) is 12.1 Å². The molecule has 5 heteroatoms. The number of hydrogen-bond acceptors (Lipinski definition) is 2. The first kappa shape index (κ1) is 11.8. The van der Waals surface area contributed by atoms with Gasteiger partial charge in [-0.25, -0.2) is 0 Å². The molecule has 2 rings (SSSR count). The van der Waals surface area contributed by atoms with Crippen LogP contribution >= 0.6 is 11.6 Å². The van der Waals surface area contributed by atoms with E-state index in [1.54, 1.807) is 13.2 Å². The van der Waals surface area contributed by atoms with Crippen LogP contribution in [0.15, 0.2) is 18.2 Å². The smallest absolute Gasteiger partial charge is 0.303 e. The molecule has 2 aromatic rings. The van der Waals surface area contributed by atoms with Crippen LogP contribution in [-0.4, -0.2) is 23.2 Å². The van der Waals surface area contributed by atoms with Crippen LogP contribution in [0.3, 0.4) is 0 Å². The standard InChI is InChI=1S/C12H12ClNO3/c1-17-11-5-7-4-8(2-3-12(15)16)14-10(7)6-9(11)13/h4-6,14H,2-3H2,1H3,(H,15,16). The summed E-state index contributed by atoms with van der Waals surface area (Å²) in [6.07, 6.45) is 0.585. The van der Waals surface area contributed by atoms with E-state index in [2.05, 4.69) is 4.98 Å². The summed E-state index contributed by atoms with van der Waals surface area (Å²) in [7, 11) is 1.56. The van der Waals surface area contributed by atoms with Gasteiger partial charge < -0.3 is 14.8 Å². The minimum absolute atomic E-state index is 0.109. The van der Waals surface area contributed by atoms with E-state index >= 15 is 0 Å². The Balaban J connectivity index is 2.33. The van der Waals surface area contributed by atoms with Gasteiger partial charge in [-0.1, -0.05) is 11.6 Å². The summed E-state index contributed by atoms with van der Waals surface area (Å²) in [5, 5.41) is 10.1. The maximum atomic E-state index is 10.5. The van der Waals surface area contributed by atoms with Crippen molar-refractivity contribution in [2.24, 2.45) is 0 Å². The van der Waals surface area contributed by atoms with E-state index in [0.29, 0.717) is 17.2 Å². The SMILES string of the molecule is COc1cc2cc(CCC(=O)O)[nH]c2cc1Cl. The minimum Gasteiger partial charge on any atom is -0.495 e. The number of benzene rings is 1. The Kier molecular flexibility index (Phi) is 3.24. The molecule has 1 aromatic carbocycles. The zero-order valence-corrected chi connectivity index (χ0v) is 10.0. The third-order valence-electron chi connectivity index (χ3n) is 2.56. The predicted molar refractivity (Wildman–Crippen MR) is 65.8 cm³/mol. The number of carboxylic acid groups (broad SMARTS) is 1. The van der Waals surface area contributed by atoms with Gasteiger partial charge in [0.1, 0.15) is 5.75 Å². The van der Waals surface area contributed by atoms with E-state index in [-0.39, 0.29) is 6.42 Å². The number of aryl methyl sites for hydroxylation is 1. The zero-order valence-electron chi connectivity index (χ0n) is 9.29. The van der Waals surface area contributed by atoms with E-state index in [0.717, 1.165) is 16.6 Å².